The molecule has 0 aliphatic carbocycles. The first-order chi connectivity index (χ1) is 18.7. The van der Waals surface area contributed by atoms with Gasteiger partial charge in [-0.2, -0.15) is 0 Å². The fourth-order valence-electron chi connectivity index (χ4n) is 4.96. The van der Waals surface area contributed by atoms with Crippen molar-refractivity contribution in [1.29, 1.82) is 0 Å². The summed E-state index contributed by atoms with van der Waals surface area (Å²) in [7, 11) is 3.73. The van der Waals surface area contributed by atoms with Crippen molar-refractivity contribution in [3.05, 3.63) is 82.7 Å². The Hall–Kier alpha value is -4.07. The van der Waals surface area contributed by atoms with E-state index in [1.165, 1.54) is 6.07 Å². The van der Waals surface area contributed by atoms with E-state index in [4.69, 9.17) is 20.6 Å². The second kappa shape index (κ2) is 11.0. The Labute approximate surface area is 222 Å². The first-order valence-electron chi connectivity index (χ1n) is 12.3. The van der Waals surface area contributed by atoms with E-state index >= 15 is 0 Å². The molecule has 13 heteroatoms. The third-order valence-corrected chi connectivity index (χ3v) is 7.03. The zero-order valence-corrected chi connectivity index (χ0v) is 21.4. The van der Waals surface area contributed by atoms with Crippen molar-refractivity contribution in [2.24, 2.45) is 19.8 Å². The van der Waals surface area contributed by atoms with Crippen LogP contribution < -0.4 is 5.73 Å². The molecule has 3 atom stereocenters. The molecule has 2 aliphatic rings. The van der Waals surface area contributed by atoms with Crippen LogP contribution in [-0.2, 0) is 31.9 Å². The zero-order chi connectivity index (χ0) is 27.7. The van der Waals surface area contributed by atoms with E-state index < -0.39 is 29.7 Å². The van der Waals surface area contributed by atoms with Gasteiger partial charge in [0, 0.05) is 44.8 Å². The van der Waals surface area contributed by atoms with Gasteiger partial charge in [-0.25, -0.2) is 23.2 Å². The molecule has 6 rings (SSSR count). The molecule has 0 spiro atoms. The van der Waals surface area contributed by atoms with Gasteiger partial charge in [-0.05, 0) is 47.2 Å². The van der Waals surface area contributed by atoms with Gasteiger partial charge in [0.15, 0.2) is 5.82 Å². The van der Waals surface area contributed by atoms with E-state index in [1.807, 2.05) is 11.6 Å². The highest BCUT2D eigenvalue weighted by atomic mass is 19.1. The monoisotopic (exact) mass is 538 g/mol. The van der Waals surface area contributed by atoms with Crippen LogP contribution in [0, 0.1) is 11.6 Å². The van der Waals surface area contributed by atoms with Gasteiger partial charge < -0.3 is 20.1 Å². The summed E-state index contributed by atoms with van der Waals surface area (Å²) in [6.07, 6.45) is -0.0376. The predicted molar refractivity (Wildman–Crippen MR) is 135 cm³/mol. The van der Waals surface area contributed by atoms with Crippen molar-refractivity contribution in [2.45, 2.75) is 37.7 Å². The van der Waals surface area contributed by atoms with Gasteiger partial charge in [-0.3, -0.25) is 4.90 Å². The van der Waals surface area contributed by atoms with Crippen LogP contribution in [-0.4, -0.2) is 64.4 Å². The number of carboxylic acids is 1. The number of aromatic nitrogens is 6. The average Bonchev–Trinajstić information content (AvgIpc) is 3.62. The Kier molecular flexibility index (Phi) is 7.46. The lowest BCUT2D eigenvalue weighted by Gasteiger charge is -2.38. The number of halogens is 2. The van der Waals surface area contributed by atoms with E-state index in [1.54, 1.807) is 42.1 Å². The summed E-state index contributed by atoms with van der Waals surface area (Å²) in [5.41, 5.74) is 8.89. The molecule has 2 aromatic carbocycles. The smallest absolute Gasteiger partial charge is 0.335 e. The first kappa shape index (κ1) is 26.5. The number of hydrogen-bond acceptors (Lipinski definition) is 8. The van der Waals surface area contributed by atoms with Gasteiger partial charge in [-0.1, -0.05) is 18.2 Å². The normalized spacial score (nSPS) is 20.8. The number of tetrazole rings is 1. The molecule has 0 unspecified atom stereocenters. The maximum Gasteiger partial charge on any atom is 0.335 e. The van der Waals surface area contributed by atoms with Gasteiger partial charge >= 0.3 is 5.97 Å². The van der Waals surface area contributed by atoms with Crippen LogP contribution in [0.2, 0.25) is 0 Å². The molecule has 0 bridgehead atoms. The van der Waals surface area contributed by atoms with Gasteiger partial charge in [0.1, 0.15) is 17.7 Å². The van der Waals surface area contributed by atoms with Crippen molar-refractivity contribution in [3.8, 4) is 11.6 Å². The van der Waals surface area contributed by atoms with Crippen LogP contribution in [0.5, 0.6) is 0 Å². The third kappa shape index (κ3) is 5.41. The van der Waals surface area contributed by atoms with Crippen LogP contribution in [0.3, 0.4) is 0 Å². The Balaban J connectivity index is 0.000000292. The summed E-state index contributed by atoms with van der Waals surface area (Å²) < 4.78 is 37.2. The summed E-state index contributed by atoms with van der Waals surface area (Å²) >= 11 is 0. The van der Waals surface area contributed by atoms with Crippen LogP contribution in [0.25, 0.3) is 11.6 Å². The number of nitrogens with zero attached hydrogens (tertiary/aromatic N) is 7. The zero-order valence-electron chi connectivity index (χ0n) is 21.4. The molecule has 4 heterocycles. The largest absolute Gasteiger partial charge is 0.478 e. The van der Waals surface area contributed by atoms with Crippen molar-refractivity contribution in [2.75, 3.05) is 6.61 Å². The number of carbonyl (C=O) groups is 1. The molecular weight excluding hydrogens is 510 g/mol. The van der Waals surface area contributed by atoms with Crippen molar-refractivity contribution in [1.82, 2.24) is 34.7 Å². The molecule has 1 fully saturated rings. The van der Waals surface area contributed by atoms with Crippen molar-refractivity contribution >= 4 is 5.97 Å². The predicted octanol–water partition coefficient (Wildman–Crippen LogP) is 2.45. The summed E-state index contributed by atoms with van der Waals surface area (Å²) in [4.78, 5) is 17.2. The van der Waals surface area contributed by atoms with Gasteiger partial charge in [-0.15, -0.1) is 5.10 Å². The van der Waals surface area contributed by atoms with E-state index in [0.717, 1.165) is 29.3 Å². The molecule has 0 amide bonds. The van der Waals surface area contributed by atoms with Crippen molar-refractivity contribution < 1.29 is 23.4 Å². The number of aromatic carboxylic acids is 1. The molecule has 2 aliphatic heterocycles. The molecule has 204 valence electrons. The molecule has 3 N–H and O–H groups in total. The number of hydrogen-bond donors (Lipinski definition) is 2. The van der Waals surface area contributed by atoms with Crippen LogP contribution in [0.1, 0.15) is 39.8 Å². The average molecular weight is 539 g/mol. The number of ether oxygens (including phenoxy) is 1. The second-order valence-electron chi connectivity index (χ2n) is 9.56. The quantitative estimate of drug-likeness (QED) is 0.401. The van der Waals surface area contributed by atoms with Crippen LogP contribution in [0.15, 0.2) is 48.5 Å². The highest BCUT2D eigenvalue weighted by molar-refractivity contribution is 5.87. The minimum absolute atomic E-state index is 0.0713. The highest BCUT2D eigenvalue weighted by Crippen LogP contribution is 2.35. The minimum Gasteiger partial charge on any atom is -0.478 e. The van der Waals surface area contributed by atoms with Gasteiger partial charge in [0.25, 0.3) is 0 Å². The highest BCUT2D eigenvalue weighted by Gasteiger charge is 2.38. The lowest BCUT2D eigenvalue weighted by Crippen LogP contribution is -2.47. The summed E-state index contributed by atoms with van der Waals surface area (Å²) in [6.45, 7) is 1.75. The number of benzene rings is 2. The topological polar surface area (TPSA) is 137 Å². The SMILES string of the molecule is Cn1nnnc1-c1nc2c(n1C)CN([C@H]1CO[C@H](c3cc(F)ccc3F)[C@@H](N)C1)C2.O=C(O)c1ccccc1. The Bertz CT molecular complexity index is 1480. The van der Waals surface area contributed by atoms with Crippen LogP contribution in [0.4, 0.5) is 8.78 Å². The number of imidazole rings is 1. The van der Waals surface area contributed by atoms with E-state index in [2.05, 4.69) is 20.4 Å². The van der Waals surface area contributed by atoms with Gasteiger partial charge in [0.2, 0.25) is 5.82 Å². The fraction of sp³-hybridized carbons (Fsp3) is 0.346. The van der Waals surface area contributed by atoms with E-state index in [-0.39, 0.29) is 11.6 Å². The number of aryl methyl sites for hydroxylation is 1. The maximum absolute atomic E-state index is 14.2. The van der Waals surface area contributed by atoms with Crippen molar-refractivity contribution in [3.63, 3.8) is 0 Å². The number of fused-ring (bicyclic) bond motifs is 1. The molecule has 0 radical (unpaired) electrons. The Morgan fingerprint density at radius 3 is 2.49 bits per heavy atom. The molecule has 11 nitrogen and oxygen atoms in total. The third-order valence-electron chi connectivity index (χ3n) is 7.03. The standard InChI is InChI=1S/C19H22F2N8O.C7H6O2/c1-27-16-8-29(7-15(16)23-18(27)19-24-25-26-28(19)2)11-6-14(22)17(30-9-11)12-5-10(20)3-4-13(12)21;8-7(9)6-4-2-1-3-5-6/h3-5,11,14,17H,6-9,22H2,1-2H3;1-5H,(H,8,9)/t11-,14+,17-;/m1./s1. The summed E-state index contributed by atoms with van der Waals surface area (Å²) in [5.74, 6) is -0.541. The lowest BCUT2D eigenvalue weighted by molar-refractivity contribution is -0.0534. The fourth-order valence-corrected chi connectivity index (χ4v) is 4.96. The van der Waals surface area contributed by atoms with Gasteiger partial charge in [0.05, 0.1) is 23.6 Å². The minimum atomic E-state index is -0.879. The molecule has 4 aromatic rings. The molecule has 0 saturated carbocycles. The van der Waals surface area contributed by atoms with Crippen LogP contribution >= 0.6 is 0 Å². The van der Waals surface area contributed by atoms with E-state index in [0.29, 0.717) is 37.5 Å². The first-order valence-corrected chi connectivity index (χ1v) is 12.3. The second-order valence-corrected chi connectivity index (χ2v) is 9.56. The Morgan fingerprint density at radius 1 is 1.10 bits per heavy atom. The molecular formula is C26H28F2N8O3. The molecule has 39 heavy (non-hydrogen) atoms. The number of nitrogens with two attached hydrogens (primary N) is 1. The number of carboxylic acid groups (broad SMARTS) is 1. The molecule has 1 saturated heterocycles. The molecule has 2 aromatic heterocycles. The maximum atomic E-state index is 14.2. The summed E-state index contributed by atoms with van der Waals surface area (Å²) in [6, 6.07) is 11.3. The number of rotatable bonds is 4. The Morgan fingerprint density at radius 2 is 1.87 bits per heavy atom. The van der Waals surface area contributed by atoms with E-state index in [9.17, 15) is 13.6 Å². The summed E-state index contributed by atoms with van der Waals surface area (Å²) in [5, 5.41) is 20.0. The lowest BCUT2D eigenvalue weighted by atomic mass is 9.93.